The number of benzene rings is 2. The highest BCUT2D eigenvalue weighted by Gasteiger charge is 2.17. The van der Waals surface area contributed by atoms with Crippen LogP contribution >= 0.6 is 0 Å². The molecule has 0 aliphatic rings. The van der Waals surface area contributed by atoms with Crippen molar-refractivity contribution in [1.29, 1.82) is 0 Å². The number of hydrogen-bond acceptors (Lipinski definition) is 5. The van der Waals surface area contributed by atoms with Crippen LogP contribution in [0.3, 0.4) is 0 Å². The summed E-state index contributed by atoms with van der Waals surface area (Å²) in [4.78, 5) is 29.9. The van der Waals surface area contributed by atoms with Crippen molar-refractivity contribution in [2.75, 3.05) is 0 Å². The van der Waals surface area contributed by atoms with Crippen molar-refractivity contribution in [3.8, 4) is 0 Å². The Hall–Kier alpha value is -3.47. The molecule has 0 radical (unpaired) electrons. The SMILES string of the molecule is CCc1ccc2oc3nc(C)c(C(=O)OCc4ccccc4)cc3c(=O)c2c1. The van der Waals surface area contributed by atoms with Crippen LogP contribution in [0.2, 0.25) is 0 Å². The molecule has 4 rings (SSSR count). The monoisotopic (exact) mass is 373 g/mol. The molecule has 2 aromatic carbocycles. The predicted octanol–water partition coefficient (Wildman–Crippen LogP) is 4.57. The van der Waals surface area contributed by atoms with Gasteiger partial charge in [0.25, 0.3) is 0 Å². The summed E-state index contributed by atoms with van der Waals surface area (Å²) in [7, 11) is 0. The van der Waals surface area contributed by atoms with E-state index in [1.54, 1.807) is 13.0 Å². The minimum absolute atomic E-state index is 0.156. The Morgan fingerprint density at radius 2 is 1.82 bits per heavy atom. The molecule has 2 heterocycles. The molecule has 28 heavy (non-hydrogen) atoms. The topological polar surface area (TPSA) is 69.4 Å². The maximum Gasteiger partial charge on any atom is 0.340 e. The van der Waals surface area contributed by atoms with Crippen LogP contribution in [0.25, 0.3) is 22.1 Å². The molecule has 0 amide bonds. The van der Waals surface area contributed by atoms with Gasteiger partial charge in [0, 0.05) is 0 Å². The highest BCUT2D eigenvalue weighted by Crippen LogP contribution is 2.21. The number of aryl methyl sites for hydroxylation is 2. The smallest absolute Gasteiger partial charge is 0.340 e. The van der Waals surface area contributed by atoms with Gasteiger partial charge in [-0.3, -0.25) is 4.79 Å². The number of nitrogens with zero attached hydrogens (tertiary/aromatic N) is 1. The minimum atomic E-state index is -0.516. The largest absolute Gasteiger partial charge is 0.457 e. The first-order valence-corrected chi connectivity index (χ1v) is 9.15. The third kappa shape index (κ3) is 3.27. The molecule has 0 bridgehead atoms. The second kappa shape index (κ2) is 7.27. The van der Waals surface area contributed by atoms with Crippen LogP contribution in [0.1, 0.15) is 34.1 Å². The summed E-state index contributed by atoms with van der Waals surface area (Å²) < 4.78 is 11.2. The highest BCUT2D eigenvalue weighted by atomic mass is 16.5. The molecule has 2 aromatic heterocycles. The minimum Gasteiger partial charge on any atom is -0.457 e. The van der Waals surface area contributed by atoms with Crippen LogP contribution in [-0.4, -0.2) is 11.0 Å². The molecule has 5 nitrogen and oxygen atoms in total. The molecule has 0 spiro atoms. The first-order chi connectivity index (χ1) is 13.6. The maximum absolute atomic E-state index is 13.0. The Labute approximate surface area is 161 Å². The summed E-state index contributed by atoms with van der Waals surface area (Å²) in [6, 6.07) is 16.5. The number of hydrogen-bond donors (Lipinski definition) is 0. The molecular weight excluding hydrogens is 354 g/mol. The molecule has 4 aromatic rings. The molecule has 0 fully saturated rings. The molecule has 0 saturated carbocycles. The van der Waals surface area contributed by atoms with Gasteiger partial charge >= 0.3 is 5.97 Å². The molecule has 0 aliphatic heterocycles. The molecule has 0 N–H and O–H groups in total. The van der Waals surface area contributed by atoms with Gasteiger partial charge in [-0.15, -0.1) is 0 Å². The van der Waals surface area contributed by atoms with Crippen molar-refractivity contribution in [1.82, 2.24) is 4.98 Å². The van der Waals surface area contributed by atoms with Gasteiger partial charge in [0.05, 0.1) is 22.0 Å². The van der Waals surface area contributed by atoms with Gasteiger partial charge in [-0.05, 0) is 42.7 Å². The lowest BCUT2D eigenvalue weighted by Crippen LogP contribution is -2.11. The Bertz CT molecular complexity index is 1240. The molecule has 0 aliphatic carbocycles. The number of rotatable bonds is 4. The Morgan fingerprint density at radius 1 is 1.04 bits per heavy atom. The second-order valence-corrected chi connectivity index (χ2v) is 6.65. The third-order valence-electron chi connectivity index (χ3n) is 4.76. The van der Waals surface area contributed by atoms with Gasteiger partial charge in [-0.25, -0.2) is 9.78 Å². The summed E-state index contributed by atoms with van der Waals surface area (Å²) in [5.41, 5.74) is 3.16. The van der Waals surface area contributed by atoms with E-state index in [-0.39, 0.29) is 28.7 Å². The highest BCUT2D eigenvalue weighted by molar-refractivity contribution is 5.96. The van der Waals surface area contributed by atoms with Gasteiger partial charge in [0.2, 0.25) is 11.1 Å². The molecule has 0 saturated heterocycles. The first kappa shape index (κ1) is 17.9. The summed E-state index contributed by atoms with van der Waals surface area (Å²) >= 11 is 0. The van der Waals surface area contributed by atoms with Crippen molar-refractivity contribution in [3.05, 3.63) is 87.2 Å². The van der Waals surface area contributed by atoms with Crippen molar-refractivity contribution in [3.63, 3.8) is 0 Å². The lowest BCUT2D eigenvalue weighted by Gasteiger charge is -2.09. The van der Waals surface area contributed by atoms with E-state index >= 15 is 0 Å². The number of pyridine rings is 1. The fraction of sp³-hybridized carbons (Fsp3) is 0.174. The summed E-state index contributed by atoms with van der Waals surface area (Å²) in [6.07, 6.45) is 0.816. The number of ether oxygens (including phenoxy) is 1. The molecule has 140 valence electrons. The fourth-order valence-electron chi connectivity index (χ4n) is 3.14. The van der Waals surface area contributed by atoms with Crippen LogP contribution < -0.4 is 5.43 Å². The number of esters is 1. The van der Waals surface area contributed by atoms with Crippen LogP contribution in [0.15, 0.2) is 63.8 Å². The van der Waals surface area contributed by atoms with E-state index in [4.69, 9.17) is 9.15 Å². The predicted molar refractivity (Wildman–Crippen MR) is 107 cm³/mol. The standard InChI is InChI=1S/C23H19NO4/c1-3-15-9-10-20-18(11-15)21(25)19-12-17(14(2)24-22(19)28-20)23(26)27-13-16-7-5-4-6-8-16/h4-12H,3,13H2,1-2H3. The first-order valence-electron chi connectivity index (χ1n) is 9.15. The van der Waals surface area contributed by atoms with Crippen LogP contribution in [0.4, 0.5) is 0 Å². The quantitative estimate of drug-likeness (QED) is 0.387. The normalized spacial score (nSPS) is 11.1. The van der Waals surface area contributed by atoms with Crippen molar-refractivity contribution in [2.45, 2.75) is 26.9 Å². The van der Waals surface area contributed by atoms with Crippen LogP contribution in [-0.2, 0) is 17.8 Å². The van der Waals surface area contributed by atoms with E-state index in [2.05, 4.69) is 4.98 Å². The van der Waals surface area contributed by atoms with E-state index in [1.165, 1.54) is 6.07 Å². The average Bonchev–Trinajstić information content (AvgIpc) is 2.72. The maximum atomic E-state index is 13.0. The number of aromatic nitrogens is 1. The van der Waals surface area contributed by atoms with Gasteiger partial charge in [0.15, 0.2) is 0 Å². The molecule has 5 heteroatoms. The molecule has 0 atom stereocenters. The zero-order valence-electron chi connectivity index (χ0n) is 15.7. The van der Waals surface area contributed by atoms with Gasteiger partial charge in [-0.1, -0.05) is 43.3 Å². The van der Waals surface area contributed by atoms with Crippen LogP contribution in [0.5, 0.6) is 0 Å². The number of fused-ring (bicyclic) bond motifs is 2. The second-order valence-electron chi connectivity index (χ2n) is 6.65. The fourth-order valence-corrected chi connectivity index (χ4v) is 3.14. The lowest BCUT2D eigenvalue weighted by atomic mass is 10.1. The molecule has 0 unspecified atom stereocenters. The zero-order valence-corrected chi connectivity index (χ0v) is 15.7. The van der Waals surface area contributed by atoms with E-state index in [0.29, 0.717) is 16.7 Å². The number of carbonyl (C=O) groups excluding carboxylic acids is 1. The zero-order chi connectivity index (χ0) is 19.7. The number of carbonyl (C=O) groups is 1. The third-order valence-corrected chi connectivity index (χ3v) is 4.76. The Morgan fingerprint density at radius 3 is 2.57 bits per heavy atom. The van der Waals surface area contributed by atoms with Gasteiger partial charge in [0.1, 0.15) is 12.2 Å². The lowest BCUT2D eigenvalue weighted by molar-refractivity contribution is 0.0471. The van der Waals surface area contributed by atoms with Gasteiger partial charge in [-0.2, -0.15) is 0 Å². The van der Waals surface area contributed by atoms with Crippen molar-refractivity contribution < 1.29 is 13.9 Å². The Balaban J connectivity index is 1.75. The van der Waals surface area contributed by atoms with E-state index < -0.39 is 5.97 Å². The van der Waals surface area contributed by atoms with E-state index in [9.17, 15) is 9.59 Å². The van der Waals surface area contributed by atoms with Crippen molar-refractivity contribution >= 4 is 28.0 Å². The average molecular weight is 373 g/mol. The summed E-state index contributed by atoms with van der Waals surface area (Å²) in [5.74, 6) is -0.516. The van der Waals surface area contributed by atoms with Crippen LogP contribution in [0, 0.1) is 6.92 Å². The Kier molecular flexibility index (Phi) is 4.65. The van der Waals surface area contributed by atoms with E-state index in [0.717, 1.165) is 17.5 Å². The summed E-state index contributed by atoms with van der Waals surface area (Å²) in [5, 5.41) is 0.763. The molecular formula is C23H19NO4. The van der Waals surface area contributed by atoms with Crippen molar-refractivity contribution in [2.24, 2.45) is 0 Å². The van der Waals surface area contributed by atoms with Gasteiger partial charge < -0.3 is 9.15 Å². The summed E-state index contributed by atoms with van der Waals surface area (Å²) in [6.45, 7) is 3.88. The van der Waals surface area contributed by atoms with E-state index in [1.807, 2.05) is 49.4 Å².